The van der Waals surface area contributed by atoms with Gasteiger partial charge in [0.2, 0.25) is 5.91 Å². The van der Waals surface area contributed by atoms with Crippen molar-refractivity contribution < 1.29 is 14.5 Å². The maximum absolute atomic E-state index is 12.4. The Bertz CT molecular complexity index is 1080. The first kappa shape index (κ1) is 19.3. The predicted molar refractivity (Wildman–Crippen MR) is 103 cm³/mol. The molecule has 1 amide bonds. The zero-order valence-corrected chi connectivity index (χ0v) is 15.3. The molecule has 1 N–H and O–H groups in total. The topological polar surface area (TPSA) is 116 Å². The molecule has 0 fully saturated rings. The average Bonchev–Trinajstić information content (AvgIpc) is 2.68. The summed E-state index contributed by atoms with van der Waals surface area (Å²) in [7, 11) is 0. The summed E-state index contributed by atoms with van der Waals surface area (Å²) in [6.07, 6.45) is 1.19. The molecule has 0 atom stereocenters. The number of fused-ring (bicyclic) bond motifs is 1. The summed E-state index contributed by atoms with van der Waals surface area (Å²) in [5.74, 6) is 0.243. The van der Waals surface area contributed by atoms with Gasteiger partial charge >= 0.3 is 0 Å². The number of non-ortho nitro benzene ring substituents is 1. The maximum Gasteiger partial charge on any atom is 0.271 e. The van der Waals surface area contributed by atoms with Crippen molar-refractivity contribution >= 4 is 34.1 Å². The van der Waals surface area contributed by atoms with E-state index in [0.717, 1.165) is 4.57 Å². The van der Waals surface area contributed by atoms with E-state index in [2.05, 4.69) is 10.3 Å². The summed E-state index contributed by atoms with van der Waals surface area (Å²) in [6.45, 7) is 0.283. The third kappa shape index (κ3) is 4.63. The molecule has 1 heterocycles. The third-order valence-electron chi connectivity index (χ3n) is 3.84. The molecule has 3 rings (SSSR count). The number of carbonyl (C=O) groups excluding carboxylic acids is 1. The van der Waals surface area contributed by atoms with Gasteiger partial charge in [-0.1, -0.05) is 11.6 Å². The lowest BCUT2D eigenvalue weighted by atomic mass is 10.2. The number of hydrogen-bond acceptors (Lipinski definition) is 6. The average molecular weight is 403 g/mol. The van der Waals surface area contributed by atoms with E-state index in [-0.39, 0.29) is 42.2 Å². The fraction of sp³-hybridized carbons (Fsp3) is 0.167. The summed E-state index contributed by atoms with van der Waals surface area (Å²) in [5, 5.41) is 14.2. The standard InChI is InChI=1S/C18H15ClN4O5/c19-12-1-4-14(5-2-12)28-8-7-20-17(24)10-22-11-21-16-9-13(23(26)27)3-6-15(16)18(22)25/h1-6,9,11H,7-8,10H2,(H,20,24). The van der Waals surface area contributed by atoms with Gasteiger partial charge in [-0.05, 0) is 30.3 Å². The molecule has 0 saturated carbocycles. The van der Waals surface area contributed by atoms with Crippen LogP contribution in [-0.4, -0.2) is 33.5 Å². The molecule has 0 aliphatic rings. The molecule has 1 aromatic heterocycles. The van der Waals surface area contributed by atoms with Crippen LogP contribution < -0.4 is 15.6 Å². The number of nitrogens with zero attached hydrogens (tertiary/aromatic N) is 3. The summed E-state index contributed by atoms with van der Waals surface area (Å²) >= 11 is 5.79. The minimum Gasteiger partial charge on any atom is -0.492 e. The van der Waals surface area contributed by atoms with Gasteiger partial charge in [-0.3, -0.25) is 24.3 Å². The van der Waals surface area contributed by atoms with Crippen LogP contribution in [0.15, 0.2) is 53.6 Å². The minimum absolute atomic E-state index is 0.157. The lowest BCUT2D eigenvalue weighted by Crippen LogP contribution is -2.34. The van der Waals surface area contributed by atoms with Gasteiger partial charge in [0.25, 0.3) is 11.2 Å². The molecule has 0 aliphatic heterocycles. The fourth-order valence-electron chi connectivity index (χ4n) is 2.47. The number of hydrogen-bond donors (Lipinski definition) is 1. The van der Waals surface area contributed by atoms with E-state index in [1.807, 2.05) is 0 Å². The van der Waals surface area contributed by atoms with Crippen molar-refractivity contribution in [1.29, 1.82) is 0 Å². The van der Waals surface area contributed by atoms with Gasteiger partial charge in [0.1, 0.15) is 18.9 Å². The monoisotopic (exact) mass is 402 g/mol. The van der Waals surface area contributed by atoms with Gasteiger partial charge in [0.05, 0.1) is 28.7 Å². The predicted octanol–water partition coefficient (Wildman–Crippen LogP) is 2.15. The van der Waals surface area contributed by atoms with Crippen LogP contribution in [0.25, 0.3) is 10.9 Å². The third-order valence-corrected chi connectivity index (χ3v) is 4.09. The van der Waals surface area contributed by atoms with Gasteiger partial charge < -0.3 is 10.1 Å². The Morgan fingerprint density at radius 3 is 2.71 bits per heavy atom. The fourth-order valence-corrected chi connectivity index (χ4v) is 2.60. The van der Waals surface area contributed by atoms with E-state index in [1.165, 1.54) is 24.5 Å². The normalized spacial score (nSPS) is 10.6. The lowest BCUT2D eigenvalue weighted by molar-refractivity contribution is -0.384. The number of nitro groups is 1. The quantitative estimate of drug-likeness (QED) is 0.367. The number of nitrogens with one attached hydrogen (secondary N) is 1. The van der Waals surface area contributed by atoms with Crippen molar-refractivity contribution in [3.63, 3.8) is 0 Å². The van der Waals surface area contributed by atoms with Crippen LogP contribution in [0.3, 0.4) is 0 Å². The number of aromatic nitrogens is 2. The molecule has 144 valence electrons. The van der Waals surface area contributed by atoms with Crippen LogP contribution in [0.1, 0.15) is 0 Å². The van der Waals surface area contributed by atoms with Crippen molar-refractivity contribution in [1.82, 2.24) is 14.9 Å². The summed E-state index contributed by atoms with van der Waals surface area (Å²) in [4.78, 5) is 38.7. The largest absolute Gasteiger partial charge is 0.492 e. The van der Waals surface area contributed by atoms with E-state index in [1.54, 1.807) is 24.3 Å². The Morgan fingerprint density at radius 1 is 1.25 bits per heavy atom. The van der Waals surface area contributed by atoms with Crippen molar-refractivity contribution in [2.75, 3.05) is 13.2 Å². The first-order chi connectivity index (χ1) is 13.4. The second kappa shape index (κ2) is 8.49. The molecule has 0 saturated heterocycles. The van der Waals surface area contributed by atoms with Crippen molar-refractivity contribution in [2.45, 2.75) is 6.54 Å². The van der Waals surface area contributed by atoms with Crippen molar-refractivity contribution in [3.05, 3.63) is 74.3 Å². The summed E-state index contributed by atoms with van der Waals surface area (Å²) in [6, 6.07) is 10.6. The maximum atomic E-state index is 12.4. The number of halogens is 1. The molecule has 9 nitrogen and oxygen atoms in total. The second-order valence-electron chi connectivity index (χ2n) is 5.79. The van der Waals surface area contributed by atoms with Gasteiger partial charge in [0.15, 0.2) is 0 Å². The minimum atomic E-state index is -0.563. The highest BCUT2D eigenvalue weighted by Crippen LogP contribution is 2.16. The molecule has 0 aliphatic carbocycles. The Morgan fingerprint density at radius 2 is 2.00 bits per heavy atom. The number of ether oxygens (including phenoxy) is 1. The first-order valence-corrected chi connectivity index (χ1v) is 8.60. The summed E-state index contributed by atoms with van der Waals surface area (Å²) < 4.78 is 6.61. The van der Waals surface area contributed by atoms with Gasteiger partial charge in [-0.25, -0.2) is 4.98 Å². The van der Waals surface area contributed by atoms with Crippen LogP contribution in [-0.2, 0) is 11.3 Å². The molecule has 0 spiro atoms. The van der Waals surface area contributed by atoms with Crippen molar-refractivity contribution in [2.24, 2.45) is 0 Å². The highest BCUT2D eigenvalue weighted by atomic mass is 35.5. The van der Waals surface area contributed by atoms with Gasteiger partial charge in [0, 0.05) is 17.2 Å². The Balaban J connectivity index is 1.57. The van der Waals surface area contributed by atoms with Crippen LogP contribution in [0.4, 0.5) is 5.69 Å². The lowest BCUT2D eigenvalue weighted by Gasteiger charge is -2.09. The highest BCUT2D eigenvalue weighted by molar-refractivity contribution is 6.30. The zero-order valence-electron chi connectivity index (χ0n) is 14.5. The van der Waals surface area contributed by atoms with E-state index >= 15 is 0 Å². The van der Waals surface area contributed by atoms with E-state index < -0.39 is 10.5 Å². The first-order valence-electron chi connectivity index (χ1n) is 8.23. The van der Waals surface area contributed by atoms with Gasteiger partial charge in [-0.2, -0.15) is 0 Å². The molecule has 28 heavy (non-hydrogen) atoms. The van der Waals surface area contributed by atoms with Crippen LogP contribution in [0.2, 0.25) is 5.02 Å². The molecule has 3 aromatic rings. The number of nitro benzene ring substituents is 1. The van der Waals surface area contributed by atoms with Crippen molar-refractivity contribution in [3.8, 4) is 5.75 Å². The van der Waals surface area contributed by atoms with E-state index in [4.69, 9.17) is 16.3 Å². The van der Waals surface area contributed by atoms with Crippen LogP contribution in [0, 0.1) is 10.1 Å². The SMILES string of the molecule is O=C(Cn1cnc2cc([N+](=O)[O-])ccc2c1=O)NCCOc1ccc(Cl)cc1. The zero-order chi connectivity index (χ0) is 20.1. The number of benzene rings is 2. The molecule has 10 heteroatoms. The number of carbonyl (C=O) groups is 1. The Hall–Kier alpha value is -3.46. The molecular weight excluding hydrogens is 388 g/mol. The number of rotatable bonds is 7. The second-order valence-corrected chi connectivity index (χ2v) is 6.22. The Kier molecular flexibility index (Phi) is 5.85. The van der Waals surface area contributed by atoms with Gasteiger partial charge in [-0.15, -0.1) is 0 Å². The molecule has 0 bridgehead atoms. The smallest absolute Gasteiger partial charge is 0.271 e. The highest BCUT2D eigenvalue weighted by Gasteiger charge is 2.12. The Labute approximate surface area is 163 Å². The molecule has 0 radical (unpaired) electrons. The summed E-state index contributed by atoms with van der Waals surface area (Å²) in [5.41, 5.74) is -0.407. The van der Waals surface area contributed by atoms with E-state index in [0.29, 0.717) is 10.8 Å². The van der Waals surface area contributed by atoms with E-state index in [9.17, 15) is 19.7 Å². The van der Waals surface area contributed by atoms with Crippen LogP contribution >= 0.6 is 11.6 Å². The molecule has 0 unspecified atom stereocenters. The molecular formula is C18H15ClN4O5. The van der Waals surface area contributed by atoms with Crippen LogP contribution in [0.5, 0.6) is 5.75 Å². The number of amides is 1. The molecule has 2 aromatic carbocycles.